The highest BCUT2D eigenvalue weighted by Crippen LogP contribution is 2.31. The summed E-state index contributed by atoms with van der Waals surface area (Å²) in [5.41, 5.74) is 0.460. The van der Waals surface area contributed by atoms with E-state index in [1.54, 1.807) is 6.92 Å². The van der Waals surface area contributed by atoms with Gasteiger partial charge in [-0.2, -0.15) is 4.37 Å². The second-order valence-corrected chi connectivity index (χ2v) is 8.71. The third-order valence-corrected chi connectivity index (χ3v) is 5.64. The number of rotatable bonds is 12. The highest BCUT2D eigenvalue weighted by atomic mass is 35.5. The van der Waals surface area contributed by atoms with Crippen LogP contribution in [0.3, 0.4) is 0 Å². The summed E-state index contributed by atoms with van der Waals surface area (Å²) in [5.74, 6) is -2.03. The van der Waals surface area contributed by atoms with E-state index in [0.717, 1.165) is 37.3 Å². The molecule has 0 bridgehead atoms. The molecule has 0 aliphatic rings. The van der Waals surface area contributed by atoms with Crippen LogP contribution >= 0.6 is 23.1 Å². The molecule has 1 aromatic heterocycles. The van der Waals surface area contributed by atoms with E-state index in [4.69, 9.17) is 16.3 Å². The van der Waals surface area contributed by atoms with Gasteiger partial charge in [0.15, 0.2) is 5.56 Å². The predicted octanol–water partition coefficient (Wildman–Crippen LogP) is 4.81. The lowest BCUT2D eigenvalue weighted by molar-refractivity contribution is 0.0693. The maximum Gasteiger partial charge on any atom is 0.344 e. The van der Waals surface area contributed by atoms with E-state index in [9.17, 15) is 19.1 Å². The standard InChI is InChI=1S/C21H28ClFN4O4S/c1-12(2)24-7-5-4-6-8-25-21(30)26-19-17(20(28)29)18(27-32-19)31-11-14-10-15(22)13(3)9-16(14)23/h9-10,12,24H,4-8,11H2,1-3H3,(H,28,29)(H2,25,26,30). The summed E-state index contributed by atoms with van der Waals surface area (Å²) in [6.45, 7) is 6.98. The molecule has 11 heteroatoms. The molecule has 0 saturated heterocycles. The van der Waals surface area contributed by atoms with Crippen LogP contribution in [0.4, 0.5) is 14.2 Å². The zero-order chi connectivity index (χ0) is 23.7. The van der Waals surface area contributed by atoms with Crippen molar-refractivity contribution in [3.63, 3.8) is 0 Å². The number of nitrogens with zero attached hydrogens (tertiary/aromatic N) is 1. The van der Waals surface area contributed by atoms with E-state index in [1.165, 1.54) is 12.1 Å². The highest BCUT2D eigenvalue weighted by molar-refractivity contribution is 7.11. The van der Waals surface area contributed by atoms with Crippen LogP contribution in [0, 0.1) is 12.7 Å². The first-order valence-electron chi connectivity index (χ1n) is 10.3. The van der Waals surface area contributed by atoms with Crippen LogP contribution in [0.15, 0.2) is 12.1 Å². The van der Waals surface area contributed by atoms with E-state index in [-0.39, 0.29) is 28.6 Å². The highest BCUT2D eigenvalue weighted by Gasteiger charge is 2.23. The molecule has 0 radical (unpaired) electrons. The van der Waals surface area contributed by atoms with Crippen molar-refractivity contribution in [1.29, 1.82) is 0 Å². The summed E-state index contributed by atoms with van der Waals surface area (Å²) >= 11 is 6.79. The summed E-state index contributed by atoms with van der Waals surface area (Å²) in [7, 11) is 0. The van der Waals surface area contributed by atoms with Gasteiger partial charge in [0.25, 0.3) is 0 Å². The first-order chi connectivity index (χ1) is 15.2. The topological polar surface area (TPSA) is 113 Å². The minimum atomic E-state index is -1.32. The van der Waals surface area contributed by atoms with Gasteiger partial charge in [-0.25, -0.2) is 14.0 Å². The first kappa shape index (κ1) is 25.8. The van der Waals surface area contributed by atoms with Gasteiger partial charge in [-0.05, 0) is 55.5 Å². The molecule has 176 valence electrons. The molecule has 1 aromatic carbocycles. The largest absolute Gasteiger partial charge is 0.477 e. The lowest BCUT2D eigenvalue weighted by Gasteiger charge is -2.09. The molecule has 1 heterocycles. The predicted molar refractivity (Wildman–Crippen MR) is 124 cm³/mol. The Morgan fingerprint density at radius 3 is 2.66 bits per heavy atom. The monoisotopic (exact) mass is 486 g/mol. The Labute approximate surface area is 195 Å². The van der Waals surface area contributed by atoms with Gasteiger partial charge in [0.2, 0.25) is 5.88 Å². The number of anilines is 1. The van der Waals surface area contributed by atoms with Crippen molar-refractivity contribution in [2.75, 3.05) is 18.4 Å². The van der Waals surface area contributed by atoms with Gasteiger partial charge in [0.05, 0.1) is 0 Å². The van der Waals surface area contributed by atoms with Crippen molar-refractivity contribution in [3.05, 3.63) is 39.7 Å². The number of carboxylic acid groups (broad SMARTS) is 1. The fraction of sp³-hybridized carbons (Fsp3) is 0.476. The molecule has 0 fully saturated rings. The molecule has 8 nitrogen and oxygen atoms in total. The number of nitrogens with one attached hydrogen (secondary N) is 3. The maximum absolute atomic E-state index is 14.1. The molecular weight excluding hydrogens is 459 g/mol. The summed E-state index contributed by atoms with van der Waals surface area (Å²) in [6, 6.07) is 2.62. The number of carboxylic acids is 1. The zero-order valence-electron chi connectivity index (χ0n) is 18.3. The van der Waals surface area contributed by atoms with Gasteiger partial charge in [-0.3, -0.25) is 5.32 Å². The van der Waals surface area contributed by atoms with Crippen LogP contribution in [0.5, 0.6) is 5.88 Å². The fourth-order valence-electron chi connectivity index (χ4n) is 2.76. The van der Waals surface area contributed by atoms with Crippen LogP contribution < -0.4 is 20.7 Å². The third kappa shape index (κ3) is 7.92. The zero-order valence-corrected chi connectivity index (χ0v) is 19.8. The number of halogens is 2. The van der Waals surface area contributed by atoms with Crippen molar-refractivity contribution in [2.24, 2.45) is 0 Å². The molecule has 2 aromatic rings. The Morgan fingerprint density at radius 2 is 1.97 bits per heavy atom. The number of hydrogen-bond acceptors (Lipinski definition) is 6. The number of ether oxygens (including phenoxy) is 1. The van der Waals surface area contributed by atoms with E-state index in [2.05, 4.69) is 34.2 Å². The number of amides is 2. The number of benzene rings is 1. The number of carbonyl (C=O) groups excluding carboxylic acids is 1. The number of aromatic carboxylic acids is 1. The molecule has 2 amide bonds. The average molecular weight is 487 g/mol. The van der Waals surface area contributed by atoms with Gasteiger partial charge < -0.3 is 20.5 Å². The number of aryl methyl sites for hydroxylation is 1. The molecule has 2 rings (SSSR count). The maximum atomic E-state index is 14.1. The molecule has 4 N–H and O–H groups in total. The Balaban J connectivity index is 1.89. The quantitative estimate of drug-likeness (QED) is 0.320. The summed E-state index contributed by atoms with van der Waals surface area (Å²) in [6.07, 6.45) is 2.77. The SMILES string of the molecule is Cc1cc(F)c(COc2nsc(NC(=O)NCCCCCNC(C)C)c2C(=O)O)cc1Cl. The van der Waals surface area contributed by atoms with E-state index in [1.807, 2.05) is 0 Å². The second kappa shape index (κ2) is 12.6. The van der Waals surface area contributed by atoms with E-state index in [0.29, 0.717) is 23.2 Å². The number of unbranched alkanes of at least 4 members (excludes halogenated alkanes) is 2. The Kier molecular flexibility index (Phi) is 10.1. The molecule has 0 aliphatic heterocycles. The Hall–Kier alpha value is -2.43. The molecule has 0 unspecified atom stereocenters. The number of carbonyl (C=O) groups is 2. The van der Waals surface area contributed by atoms with Crippen LogP contribution in [-0.2, 0) is 6.61 Å². The smallest absolute Gasteiger partial charge is 0.344 e. The molecule has 0 atom stereocenters. The van der Waals surface area contributed by atoms with Crippen molar-refractivity contribution in [2.45, 2.75) is 52.7 Å². The first-order valence-corrected chi connectivity index (χ1v) is 11.4. The summed E-state index contributed by atoms with van der Waals surface area (Å²) < 4.78 is 23.5. The molecule has 0 spiro atoms. The van der Waals surface area contributed by atoms with E-state index >= 15 is 0 Å². The van der Waals surface area contributed by atoms with Crippen molar-refractivity contribution < 1.29 is 23.8 Å². The Bertz CT molecular complexity index is 939. The minimum Gasteiger partial charge on any atom is -0.477 e. The summed E-state index contributed by atoms with van der Waals surface area (Å²) in [5, 5.41) is 18.5. The molecule has 32 heavy (non-hydrogen) atoms. The number of hydrogen-bond donors (Lipinski definition) is 4. The normalized spacial score (nSPS) is 10.9. The summed E-state index contributed by atoms with van der Waals surface area (Å²) in [4.78, 5) is 23.8. The number of urea groups is 1. The number of aromatic nitrogens is 1. The van der Waals surface area contributed by atoms with Gasteiger partial charge in [-0.15, -0.1) is 0 Å². The van der Waals surface area contributed by atoms with E-state index < -0.39 is 17.8 Å². The Morgan fingerprint density at radius 1 is 1.25 bits per heavy atom. The van der Waals surface area contributed by atoms with Gasteiger partial charge in [-0.1, -0.05) is 31.9 Å². The lowest BCUT2D eigenvalue weighted by Crippen LogP contribution is -2.30. The van der Waals surface area contributed by atoms with Crippen molar-refractivity contribution >= 4 is 40.1 Å². The lowest BCUT2D eigenvalue weighted by atomic mass is 10.1. The molecular formula is C21H28ClFN4O4S. The van der Waals surface area contributed by atoms with Gasteiger partial charge in [0, 0.05) is 23.2 Å². The van der Waals surface area contributed by atoms with Crippen molar-refractivity contribution in [1.82, 2.24) is 15.0 Å². The van der Waals surface area contributed by atoms with Crippen LogP contribution in [0.1, 0.15) is 54.6 Å². The van der Waals surface area contributed by atoms with Crippen LogP contribution in [0.2, 0.25) is 5.02 Å². The van der Waals surface area contributed by atoms with Gasteiger partial charge in [0.1, 0.15) is 17.4 Å². The minimum absolute atomic E-state index is 0.0357. The van der Waals surface area contributed by atoms with Crippen LogP contribution in [0.25, 0.3) is 0 Å². The molecule has 0 saturated carbocycles. The fourth-order valence-corrected chi connectivity index (χ4v) is 3.67. The average Bonchev–Trinajstić information content (AvgIpc) is 3.11. The molecule has 0 aliphatic carbocycles. The second-order valence-electron chi connectivity index (χ2n) is 7.53. The van der Waals surface area contributed by atoms with Crippen LogP contribution in [-0.4, -0.2) is 40.6 Å². The van der Waals surface area contributed by atoms with Crippen molar-refractivity contribution in [3.8, 4) is 5.88 Å². The third-order valence-electron chi connectivity index (χ3n) is 4.49. The van der Waals surface area contributed by atoms with Gasteiger partial charge >= 0.3 is 12.0 Å².